The van der Waals surface area contributed by atoms with E-state index in [0.717, 1.165) is 37.1 Å². The lowest BCUT2D eigenvalue weighted by molar-refractivity contribution is 0.0822. The molecule has 1 aromatic carbocycles. The summed E-state index contributed by atoms with van der Waals surface area (Å²) in [7, 11) is 3.28. The molecule has 0 aliphatic carbocycles. The first-order chi connectivity index (χ1) is 9.00. The number of aryl methyl sites for hydroxylation is 1. The van der Waals surface area contributed by atoms with Crippen LogP contribution in [0.1, 0.15) is 40.2 Å². The van der Waals surface area contributed by atoms with Crippen LogP contribution in [-0.4, -0.2) is 38.0 Å². The maximum absolute atomic E-state index is 14.2. The number of nitrogens with one attached hydrogen (secondary N) is 1. The molecule has 1 N–H and O–H groups in total. The lowest BCUT2D eigenvalue weighted by atomic mass is 9.88. The normalized spacial score (nSPS) is 16.4. The number of amides is 1. The summed E-state index contributed by atoms with van der Waals surface area (Å²) >= 11 is 0. The van der Waals surface area contributed by atoms with Crippen molar-refractivity contribution in [1.82, 2.24) is 10.2 Å². The highest BCUT2D eigenvalue weighted by Crippen LogP contribution is 2.28. The standard InChI is InChI=1S/C15H21FN2O/c1-10-8-12(11-4-6-17-7-5-11)9-13(16)14(10)15(19)18(2)3/h8-9,11,17H,4-7H2,1-3H3. The quantitative estimate of drug-likeness (QED) is 0.889. The van der Waals surface area contributed by atoms with Gasteiger partial charge in [0.25, 0.3) is 5.91 Å². The van der Waals surface area contributed by atoms with Gasteiger partial charge in [-0.3, -0.25) is 4.79 Å². The molecule has 1 heterocycles. The van der Waals surface area contributed by atoms with Gasteiger partial charge in [0.05, 0.1) is 5.56 Å². The molecule has 0 aromatic heterocycles. The highest BCUT2D eigenvalue weighted by molar-refractivity contribution is 5.95. The van der Waals surface area contributed by atoms with Gasteiger partial charge in [-0.2, -0.15) is 0 Å². The van der Waals surface area contributed by atoms with Crippen LogP contribution in [0.5, 0.6) is 0 Å². The predicted molar refractivity (Wildman–Crippen MR) is 74.0 cm³/mol. The smallest absolute Gasteiger partial charge is 0.256 e. The van der Waals surface area contributed by atoms with Crippen LogP contribution in [-0.2, 0) is 0 Å². The number of hydrogen-bond acceptors (Lipinski definition) is 2. The molecule has 1 amide bonds. The molecule has 0 atom stereocenters. The Morgan fingerprint density at radius 2 is 1.95 bits per heavy atom. The van der Waals surface area contributed by atoms with Gasteiger partial charge in [0.2, 0.25) is 0 Å². The van der Waals surface area contributed by atoms with E-state index in [1.54, 1.807) is 20.2 Å². The lowest BCUT2D eigenvalue weighted by Crippen LogP contribution is -2.27. The first kappa shape index (κ1) is 14.0. The van der Waals surface area contributed by atoms with Crippen molar-refractivity contribution in [3.05, 3.63) is 34.6 Å². The molecule has 104 valence electrons. The third-order valence-electron chi connectivity index (χ3n) is 3.74. The molecule has 0 radical (unpaired) electrons. The van der Waals surface area contributed by atoms with Crippen molar-refractivity contribution < 1.29 is 9.18 Å². The fourth-order valence-corrected chi connectivity index (χ4v) is 2.66. The number of carbonyl (C=O) groups excluding carboxylic acids is 1. The Morgan fingerprint density at radius 3 is 2.47 bits per heavy atom. The van der Waals surface area contributed by atoms with Crippen molar-refractivity contribution in [2.45, 2.75) is 25.7 Å². The Hall–Kier alpha value is -1.42. The first-order valence-electron chi connectivity index (χ1n) is 6.73. The van der Waals surface area contributed by atoms with Crippen LogP contribution in [0.2, 0.25) is 0 Å². The molecule has 0 spiro atoms. The van der Waals surface area contributed by atoms with E-state index >= 15 is 0 Å². The summed E-state index contributed by atoms with van der Waals surface area (Å²) in [5, 5.41) is 3.30. The van der Waals surface area contributed by atoms with Gasteiger partial charge in [-0.25, -0.2) is 4.39 Å². The van der Waals surface area contributed by atoms with Crippen LogP contribution in [0.25, 0.3) is 0 Å². The van der Waals surface area contributed by atoms with Crippen molar-refractivity contribution in [1.29, 1.82) is 0 Å². The molecule has 0 saturated carbocycles. The number of benzene rings is 1. The molecule has 1 aliphatic heterocycles. The summed E-state index contributed by atoms with van der Waals surface area (Å²) in [5.41, 5.74) is 1.95. The van der Waals surface area contributed by atoms with Crippen molar-refractivity contribution in [2.24, 2.45) is 0 Å². The van der Waals surface area contributed by atoms with E-state index in [1.807, 2.05) is 13.0 Å². The minimum Gasteiger partial charge on any atom is -0.345 e. The summed E-state index contributed by atoms with van der Waals surface area (Å²) in [6, 6.07) is 3.51. The van der Waals surface area contributed by atoms with Crippen LogP contribution in [0.4, 0.5) is 4.39 Å². The largest absolute Gasteiger partial charge is 0.345 e. The van der Waals surface area contributed by atoms with Crippen molar-refractivity contribution in [3.63, 3.8) is 0 Å². The maximum atomic E-state index is 14.2. The van der Waals surface area contributed by atoms with E-state index < -0.39 is 5.82 Å². The molecular weight excluding hydrogens is 243 g/mol. The van der Waals surface area contributed by atoms with Gasteiger partial charge in [0.1, 0.15) is 5.82 Å². The van der Waals surface area contributed by atoms with E-state index in [0.29, 0.717) is 5.92 Å². The van der Waals surface area contributed by atoms with Gasteiger partial charge in [-0.05, 0) is 56.0 Å². The molecular formula is C15H21FN2O. The van der Waals surface area contributed by atoms with Gasteiger partial charge in [-0.1, -0.05) is 6.07 Å². The third kappa shape index (κ3) is 2.95. The average Bonchev–Trinajstić information content (AvgIpc) is 2.38. The Bertz CT molecular complexity index is 456. The van der Waals surface area contributed by atoms with Gasteiger partial charge in [-0.15, -0.1) is 0 Å². The third-order valence-corrected chi connectivity index (χ3v) is 3.74. The fraction of sp³-hybridized carbons (Fsp3) is 0.533. The number of hydrogen-bond donors (Lipinski definition) is 1. The number of nitrogens with zero attached hydrogens (tertiary/aromatic N) is 1. The summed E-state index contributed by atoms with van der Waals surface area (Å²) in [4.78, 5) is 13.4. The molecule has 4 heteroatoms. The molecule has 1 saturated heterocycles. The number of piperidine rings is 1. The minimum atomic E-state index is -0.396. The van der Waals surface area contributed by atoms with Crippen molar-refractivity contribution in [2.75, 3.05) is 27.2 Å². The lowest BCUT2D eigenvalue weighted by Gasteiger charge is -2.24. The zero-order valence-electron chi connectivity index (χ0n) is 11.8. The Labute approximate surface area is 113 Å². The molecule has 19 heavy (non-hydrogen) atoms. The van der Waals surface area contributed by atoms with E-state index in [2.05, 4.69) is 5.32 Å². The first-order valence-corrected chi connectivity index (χ1v) is 6.73. The SMILES string of the molecule is Cc1cc(C2CCNCC2)cc(F)c1C(=O)N(C)C. The fourth-order valence-electron chi connectivity index (χ4n) is 2.66. The van der Waals surface area contributed by atoms with Gasteiger partial charge < -0.3 is 10.2 Å². The van der Waals surface area contributed by atoms with Gasteiger partial charge in [0.15, 0.2) is 0 Å². The molecule has 0 unspecified atom stereocenters. The molecule has 1 aromatic rings. The monoisotopic (exact) mass is 264 g/mol. The summed E-state index contributed by atoms with van der Waals surface area (Å²) in [5.74, 6) is -0.267. The van der Waals surface area contributed by atoms with Gasteiger partial charge in [0, 0.05) is 14.1 Å². The van der Waals surface area contributed by atoms with Gasteiger partial charge >= 0.3 is 0 Å². The molecule has 2 rings (SSSR count). The van der Waals surface area contributed by atoms with E-state index in [-0.39, 0.29) is 11.5 Å². The highest BCUT2D eigenvalue weighted by Gasteiger charge is 2.21. The van der Waals surface area contributed by atoms with Crippen LogP contribution < -0.4 is 5.32 Å². The Balaban J connectivity index is 2.33. The van der Waals surface area contributed by atoms with Crippen LogP contribution in [0.15, 0.2) is 12.1 Å². The van der Waals surface area contributed by atoms with E-state index in [4.69, 9.17) is 0 Å². The number of rotatable bonds is 2. The van der Waals surface area contributed by atoms with Crippen molar-refractivity contribution >= 4 is 5.91 Å². The number of halogens is 1. The number of carbonyl (C=O) groups is 1. The molecule has 0 bridgehead atoms. The van der Waals surface area contributed by atoms with Crippen LogP contribution in [0, 0.1) is 12.7 Å². The highest BCUT2D eigenvalue weighted by atomic mass is 19.1. The second kappa shape index (κ2) is 5.70. The zero-order valence-corrected chi connectivity index (χ0v) is 11.8. The van der Waals surface area contributed by atoms with E-state index in [1.165, 1.54) is 4.90 Å². The summed E-state index contributed by atoms with van der Waals surface area (Å²) < 4.78 is 14.2. The predicted octanol–water partition coefficient (Wildman–Crippen LogP) is 2.30. The molecule has 1 aliphatic rings. The van der Waals surface area contributed by atoms with E-state index in [9.17, 15) is 9.18 Å². The van der Waals surface area contributed by atoms with Crippen molar-refractivity contribution in [3.8, 4) is 0 Å². The second-order valence-electron chi connectivity index (χ2n) is 5.42. The van der Waals surface area contributed by atoms with Crippen LogP contribution >= 0.6 is 0 Å². The maximum Gasteiger partial charge on any atom is 0.256 e. The minimum absolute atomic E-state index is 0.197. The second-order valence-corrected chi connectivity index (χ2v) is 5.42. The van der Waals surface area contributed by atoms with Crippen LogP contribution in [0.3, 0.4) is 0 Å². The molecule has 3 nitrogen and oxygen atoms in total. The summed E-state index contributed by atoms with van der Waals surface area (Å²) in [6.07, 6.45) is 2.06. The molecule has 1 fully saturated rings. The zero-order chi connectivity index (χ0) is 14.0. The Morgan fingerprint density at radius 1 is 1.32 bits per heavy atom. The average molecular weight is 264 g/mol. The summed E-state index contributed by atoms with van der Waals surface area (Å²) in [6.45, 7) is 3.76. The Kier molecular flexibility index (Phi) is 4.20. The topological polar surface area (TPSA) is 32.3 Å².